The van der Waals surface area contributed by atoms with Crippen molar-refractivity contribution in [3.63, 3.8) is 0 Å². The summed E-state index contributed by atoms with van der Waals surface area (Å²) >= 11 is 0. The van der Waals surface area contributed by atoms with Gasteiger partial charge in [-0.1, -0.05) is 86.1 Å². The molecule has 1 N–H and O–H groups in total. The Morgan fingerprint density at radius 3 is 2.11 bits per heavy atom. The lowest BCUT2D eigenvalue weighted by Crippen LogP contribution is -2.13. The summed E-state index contributed by atoms with van der Waals surface area (Å²) in [5.74, 6) is -0.105. The molecular formula is C25H25NO. The van der Waals surface area contributed by atoms with Gasteiger partial charge >= 0.3 is 0 Å². The molecule has 3 aromatic rings. The molecule has 0 heterocycles. The molecule has 0 aliphatic heterocycles. The van der Waals surface area contributed by atoms with E-state index < -0.39 is 0 Å². The first kappa shape index (κ1) is 18.7. The van der Waals surface area contributed by atoms with E-state index in [4.69, 9.17) is 0 Å². The van der Waals surface area contributed by atoms with E-state index in [2.05, 4.69) is 24.4 Å². The highest BCUT2D eigenvalue weighted by molar-refractivity contribution is 6.29. The van der Waals surface area contributed by atoms with Crippen LogP contribution in [0.1, 0.15) is 36.5 Å². The van der Waals surface area contributed by atoms with Crippen molar-refractivity contribution in [2.24, 2.45) is 0 Å². The number of aryl methyl sites for hydroxylation is 1. The van der Waals surface area contributed by atoms with Crippen molar-refractivity contribution in [2.45, 2.75) is 26.2 Å². The second-order valence-electron chi connectivity index (χ2n) is 6.59. The Morgan fingerprint density at radius 2 is 1.48 bits per heavy atom. The van der Waals surface area contributed by atoms with E-state index in [1.54, 1.807) is 0 Å². The van der Waals surface area contributed by atoms with E-state index in [-0.39, 0.29) is 5.91 Å². The molecule has 27 heavy (non-hydrogen) atoms. The normalized spacial score (nSPS) is 11.2. The summed E-state index contributed by atoms with van der Waals surface area (Å²) in [5.41, 5.74) is 4.67. The minimum atomic E-state index is -0.105. The molecule has 0 aliphatic rings. The van der Waals surface area contributed by atoms with Gasteiger partial charge in [-0.15, -0.1) is 0 Å². The maximum Gasteiger partial charge on any atom is 0.256 e. The Labute approximate surface area is 161 Å². The summed E-state index contributed by atoms with van der Waals surface area (Å²) in [6.45, 7) is 2.19. The number of amides is 1. The number of rotatable bonds is 7. The third-order valence-electron chi connectivity index (χ3n) is 4.47. The maximum atomic E-state index is 13.0. The Hall–Kier alpha value is -3.13. The molecule has 0 atom stereocenters. The van der Waals surface area contributed by atoms with Gasteiger partial charge < -0.3 is 5.32 Å². The number of hydrogen-bond donors (Lipinski definition) is 1. The molecule has 0 aromatic heterocycles. The number of carbonyl (C=O) groups is 1. The number of nitrogens with one attached hydrogen (secondary N) is 1. The van der Waals surface area contributed by atoms with Crippen molar-refractivity contribution in [1.82, 2.24) is 0 Å². The molecule has 2 nitrogen and oxygen atoms in total. The molecule has 0 fully saturated rings. The summed E-state index contributed by atoms with van der Waals surface area (Å²) in [4.78, 5) is 13.0. The van der Waals surface area contributed by atoms with Gasteiger partial charge in [-0.2, -0.15) is 0 Å². The number of hydrogen-bond acceptors (Lipinski definition) is 1. The fourth-order valence-electron chi connectivity index (χ4n) is 2.95. The second-order valence-corrected chi connectivity index (χ2v) is 6.59. The largest absolute Gasteiger partial charge is 0.322 e. The molecule has 0 bridgehead atoms. The minimum absolute atomic E-state index is 0.105. The van der Waals surface area contributed by atoms with Crippen LogP contribution >= 0.6 is 0 Å². The molecule has 1 amide bonds. The van der Waals surface area contributed by atoms with Crippen molar-refractivity contribution >= 4 is 23.2 Å². The van der Waals surface area contributed by atoms with Crippen LogP contribution in [0.4, 0.5) is 5.69 Å². The average molecular weight is 355 g/mol. The van der Waals surface area contributed by atoms with Gasteiger partial charge in [-0.25, -0.2) is 0 Å². The van der Waals surface area contributed by atoms with Crippen molar-refractivity contribution in [3.8, 4) is 0 Å². The third kappa shape index (κ3) is 5.42. The van der Waals surface area contributed by atoms with E-state index in [0.717, 1.165) is 23.2 Å². The maximum absolute atomic E-state index is 13.0. The van der Waals surface area contributed by atoms with E-state index in [1.165, 1.54) is 18.4 Å². The smallest absolute Gasteiger partial charge is 0.256 e. The lowest BCUT2D eigenvalue weighted by molar-refractivity contribution is -0.111. The van der Waals surface area contributed by atoms with Gasteiger partial charge in [-0.3, -0.25) is 4.79 Å². The molecule has 136 valence electrons. The van der Waals surface area contributed by atoms with Crippen LogP contribution < -0.4 is 5.32 Å². The highest BCUT2D eigenvalue weighted by Gasteiger charge is 2.12. The van der Waals surface area contributed by atoms with Gasteiger partial charge in [0, 0.05) is 11.3 Å². The summed E-state index contributed by atoms with van der Waals surface area (Å²) < 4.78 is 0. The standard InChI is InChI=1S/C25H25NO/c1-2-3-10-20-15-17-23(18-16-20)26-25(27)24(22-13-8-5-9-14-22)19-21-11-6-4-7-12-21/h4-9,11-19H,2-3,10H2,1H3,(H,26,27). The van der Waals surface area contributed by atoms with Crippen LogP contribution in [0.15, 0.2) is 84.9 Å². The zero-order valence-electron chi connectivity index (χ0n) is 15.7. The van der Waals surface area contributed by atoms with Crippen molar-refractivity contribution in [1.29, 1.82) is 0 Å². The first-order valence-corrected chi connectivity index (χ1v) is 9.48. The Balaban J connectivity index is 1.82. The monoisotopic (exact) mass is 355 g/mol. The van der Waals surface area contributed by atoms with Crippen molar-refractivity contribution in [3.05, 3.63) is 102 Å². The topological polar surface area (TPSA) is 29.1 Å². The van der Waals surface area contributed by atoms with E-state index in [9.17, 15) is 4.79 Å². The van der Waals surface area contributed by atoms with Crippen LogP contribution in [-0.4, -0.2) is 5.91 Å². The van der Waals surface area contributed by atoms with Crippen molar-refractivity contribution < 1.29 is 4.79 Å². The first-order chi connectivity index (χ1) is 13.3. The number of unbranched alkanes of at least 4 members (excludes halogenated alkanes) is 1. The lowest BCUT2D eigenvalue weighted by Gasteiger charge is -2.10. The van der Waals surface area contributed by atoms with E-state index in [1.807, 2.05) is 78.9 Å². The van der Waals surface area contributed by atoms with Gasteiger partial charge in [0.15, 0.2) is 0 Å². The molecule has 3 rings (SSSR count). The van der Waals surface area contributed by atoms with E-state index >= 15 is 0 Å². The Morgan fingerprint density at radius 1 is 0.852 bits per heavy atom. The van der Waals surface area contributed by atoms with E-state index in [0.29, 0.717) is 5.57 Å². The van der Waals surface area contributed by atoms with Crippen LogP contribution in [-0.2, 0) is 11.2 Å². The molecule has 0 saturated heterocycles. The van der Waals surface area contributed by atoms with Crippen molar-refractivity contribution in [2.75, 3.05) is 5.32 Å². The van der Waals surface area contributed by atoms with Crippen LogP contribution in [0.5, 0.6) is 0 Å². The summed E-state index contributed by atoms with van der Waals surface area (Å²) in [7, 11) is 0. The molecule has 2 heteroatoms. The SMILES string of the molecule is CCCCc1ccc(NC(=O)C(=Cc2ccccc2)c2ccccc2)cc1. The Kier molecular flexibility index (Phi) is 6.59. The van der Waals surface area contributed by atoms with Crippen LogP contribution in [0, 0.1) is 0 Å². The molecular weight excluding hydrogens is 330 g/mol. The van der Waals surface area contributed by atoms with Crippen LogP contribution in [0.25, 0.3) is 11.6 Å². The zero-order chi connectivity index (χ0) is 18.9. The average Bonchev–Trinajstić information content (AvgIpc) is 2.73. The zero-order valence-corrected chi connectivity index (χ0v) is 15.7. The number of carbonyl (C=O) groups excluding carboxylic acids is 1. The molecule has 0 aliphatic carbocycles. The highest BCUT2D eigenvalue weighted by Crippen LogP contribution is 2.21. The number of anilines is 1. The predicted molar refractivity (Wildman–Crippen MR) is 114 cm³/mol. The van der Waals surface area contributed by atoms with Crippen LogP contribution in [0.2, 0.25) is 0 Å². The predicted octanol–water partition coefficient (Wildman–Crippen LogP) is 6.21. The Bertz CT molecular complexity index is 881. The third-order valence-corrected chi connectivity index (χ3v) is 4.47. The fourth-order valence-corrected chi connectivity index (χ4v) is 2.95. The lowest BCUT2D eigenvalue weighted by atomic mass is 10.0. The molecule has 0 radical (unpaired) electrons. The summed E-state index contributed by atoms with van der Waals surface area (Å²) in [6, 6.07) is 27.8. The molecule has 0 unspecified atom stereocenters. The fraction of sp³-hybridized carbons (Fsp3) is 0.160. The summed E-state index contributed by atoms with van der Waals surface area (Å²) in [6.07, 6.45) is 5.38. The quantitative estimate of drug-likeness (QED) is 0.396. The van der Waals surface area contributed by atoms with Gasteiger partial charge in [0.1, 0.15) is 0 Å². The summed E-state index contributed by atoms with van der Waals surface area (Å²) in [5, 5.41) is 3.04. The number of benzene rings is 3. The van der Waals surface area contributed by atoms with Gasteiger partial charge in [-0.05, 0) is 47.7 Å². The molecule has 0 saturated carbocycles. The minimum Gasteiger partial charge on any atom is -0.322 e. The first-order valence-electron chi connectivity index (χ1n) is 9.48. The second kappa shape index (κ2) is 9.54. The van der Waals surface area contributed by atoms with Gasteiger partial charge in [0.25, 0.3) is 5.91 Å². The molecule has 0 spiro atoms. The van der Waals surface area contributed by atoms with Gasteiger partial charge in [0.05, 0.1) is 0 Å². The van der Waals surface area contributed by atoms with Gasteiger partial charge in [0.2, 0.25) is 0 Å². The van der Waals surface area contributed by atoms with Crippen LogP contribution in [0.3, 0.4) is 0 Å². The molecule has 3 aromatic carbocycles. The highest BCUT2D eigenvalue weighted by atomic mass is 16.1.